The smallest absolute Gasteiger partial charge is 0.259 e. The average molecular weight is 413 g/mol. The molecule has 2 aliphatic rings. The van der Waals surface area contributed by atoms with E-state index in [2.05, 4.69) is 10.1 Å². The molecule has 2 aliphatic heterocycles. The minimum atomic E-state index is -1.06. The molecule has 9 heteroatoms. The Hall–Kier alpha value is -3.07. The van der Waals surface area contributed by atoms with Gasteiger partial charge in [-0.1, -0.05) is 12.1 Å². The molecule has 2 fully saturated rings. The third-order valence-electron chi connectivity index (χ3n) is 5.87. The molecule has 1 N–H and O–H groups in total. The lowest BCUT2D eigenvalue weighted by molar-refractivity contribution is 0.0363. The van der Waals surface area contributed by atoms with Gasteiger partial charge in [-0.3, -0.25) is 4.79 Å². The van der Waals surface area contributed by atoms with Crippen molar-refractivity contribution in [2.45, 2.75) is 18.6 Å². The van der Waals surface area contributed by atoms with Crippen molar-refractivity contribution in [1.29, 1.82) is 0 Å². The molecule has 0 spiro atoms. The Kier molecular flexibility index (Phi) is 4.62. The van der Waals surface area contributed by atoms with Gasteiger partial charge in [0.1, 0.15) is 23.4 Å². The first-order chi connectivity index (χ1) is 14.5. The van der Waals surface area contributed by atoms with Crippen LogP contribution in [0.5, 0.6) is 0 Å². The predicted molar refractivity (Wildman–Crippen MR) is 105 cm³/mol. The van der Waals surface area contributed by atoms with Crippen molar-refractivity contribution in [3.8, 4) is 0 Å². The molecule has 7 nitrogen and oxygen atoms in total. The van der Waals surface area contributed by atoms with Crippen LogP contribution in [0, 0.1) is 11.7 Å². The van der Waals surface area contributed by atoms with Crippen LogP contribution in [-0.4, -0.2) is 62.9 Å². The van der Waals surface area contributed by atoms with Crippen molar-refractivity contribution in [2.75, 3.05) is 31.1 Å². The van der Waals surface area contributed by atoms with Crippen LogP contribution in [0.2, 0.25) is 0 Å². The van der Waals surface area contributed by atoms with Gasteiger partial charge in [-0.25, -0.2) is 18.3 Å². The molecule has 2 saturated heterocycles. The molecule has 2 atom stereocenters. The summed E-state index contributed by atoms with van der Waals surface area (Å²) < 4.78 is 29.6. The molecule has 0 unspecified atom stereocenters. The Bertz CT molecular complexity index is 1100. The van der Waals surface area contributed by atoms with Gasteiger partial charge in [0.05, 0.1) is 18.8 Å². The summed E-state index contributed by atoms with van der Waals surface area (Å²) in [5.41, 5.74) is 1.45. The lowest BCUT2D eigenvalue weighted by Gasteiger charge is -2.37. The van der Waals surface area contributed by atoms with E-state index in [0.29, 0.717) is 35.7 Å². The minimum absolute atomic E-state index is 0.0573. The first kappa shape index (κ1) is 18.9. The average Bonchev–Trinajstić information content (AvgIpc) is 3.30. The first-order valence-corrected chi connectivity index (χ1v) is 9.94. The fraction of sp³-hybridized carbons (Fsp3) is 0.381. The van der Waals surface area contributed by atoms with Gasteiger partial charge in [-0.05, 0) is 23.8 Å². The van der Waals surface area contributed by atoms with Crippen LogP contribution < -0.4 is 4.90 Å². The van der Waals surface area contributed by atoms with Crippen molar-refractivity contribution < 1.29 is 18.7 Å². The Labute approximate surface area is 171 Å². The van der Waals surface area contributed by atoms with Gasteiger partial charge in [0.2, 0.25) is 0 Å². The Morgan fingerprint density at radius 3 is 2.83 bits per heavy atom. The summed E-state index contributed by atoms with van der Waals surface area (Å²) in [6.07, 6.45) is 2.36. The van der Waals surface area contributed by atoms with Gasteiger partial charge < -0.3 is 14.9 Å². The highest BCUT2D eigenvalue weighted by Crippen LogP contribution is 2.37. The Balaban J connectivity index is 1.47. The van der Waals surface area contributed by atoms with Crippen LogP contribution in [0.1, 0.15) is 28.4 Å². The number of aliphatic hydroxyl groups excluding tert-OH is 1. The number of amides is 1. The van der Waals surface area contributed by atoms with E-state index in [1.54, 1.807) is 29.3 Å². The number of carbonyl (C=O) groups is 1. The SMILES string of the molecule is O=C(c1cnn2ccc(N3C[C@@H](F)C[C@@H]3c3cccc(F)c3)nc12)N1CC(CO)C1. The van der Waals surface area contributed by atoms with Crippen molar-refractivity contribution in [2.24, 2.45) is 5.92 Å². The molecule has 0 saturated carbocycles. The number of likely N-dealkylation sites (tertiary alicyclic amines) is 1. The number of nitrogens with zero attached hydrogens (tertiary/aromatic N) is 5. The zero-order valence-electron chi connectivity index (χ0n) is 16.2. The zero-order chi connectivity index (χ0) is 20.8. The van der Waals surface area contributed by atoms with Crippen LogP contribution >= 0.6 is 0 Å². The number of alkyl halides is 1. The molecule has 1 amide bonds. The van der Waals surface area contributed by atoms with Crippen LogP contribution in [0.3, 0.4) is 0 Å². The molecule has 4 heterocycles. The maximum Gasteiger partial charge on any atom is 0.259 e. The molecule has 5 rings (SSSR count). The summed E-state index contributed by atoms with van der Waals surface area (Å²) in [7, 11) is 0. The summed E-state index contributed by atoms with van der Waals surface area (Å²) >= 11 is 0. The minimum Gasteiger partial charge on any atom is -0.396 e. The highest BCUT2D eigenvalue weighted by atomic mass is 19.1. The maximum atomic E-state index is 14.3. The fourth-order valence-electron chi connectivity index (χ4n) is 4.26. The zero-order valence-corrected chi connectivity index (χ0v) is 16.2. The highest BCUT2D eigenvalue weighted by molar-refractivity contribution is 6.00. The molecule has 0 radical (unpaired) electrons. The number of aromatic nitrogens is 3. The topological polar surface area (TPSA) is 74.0 Å². The summed E-state index contributed by atoms with van der Waals surface area (Å²) in [6.45, 7) is 1.21. The van der Waals surface area contributed by atoms with E-state index in [9.17, 15) is 18.7 Å². The molecule has 2 aromatic heterocycles. The van der Waals surface area contributed by atoms with Gasteiger partial charge in [0, 0.05) is 38.2 Å². The normalized spacial score (nSPS) is 22.0. The molecule has 0 aliphatic carbocycles. The summed E-state index contributed by atoms with van der Waals surface area (Å²) in [4.78, 5) is 20.9. The number of aliphatic hydroxyl groups is 1. The number of hydrogen-bond acceptors (Lipinski definition) is 5. The van der Waals surface area contributed by atoms with E-state index in [0.717, 1.165) is 0 Å². The lowest BCUT2D eigenvalue weighted by atomic mass is 10.0. The quantitative estimate of drug-likeness (QED) is 0.710. The summed E-state index contributed by atoms with van der Waals surface area (Å²) in [6, 6.07) is 7.57. The Morgan fingerprint density at radius 2 is 2.07 bits per heavy atom. The van der Waals surface area contributed by atoms with Gasteiger partial charge in [0.15, 0.2) is 5.65 Å². The molecule has 3 aromatic rings. The monoisotopic (exact) mass is 413 g/mol. The third-order valence-corrected chi connectivity index (χ3v) is 5.87. The number of benzene rings is 1. The van der Waals surface area contributed by atoms with E-state index in [4.69, 9.17) is 0 Å². The van der Waals surface area contributed by atoms with E-state index >= 15 is 0 Å². The number of carbonyl (C=O) groups excluding carboxylic acids is 1. The molecular weight excluding hydrogens is 392 g/mol. The van der Waals surface area contributed by atoms with Crippen LogP contribution in [-0.2, 0) is 0 Å². The van der Waals surface area contributed by atoms with Gasteiger partial charge >= 0.3 is 0 Å². The second kappa shape index (κ2) is 7.32. The van der Waals surface area contributed by atoms with Crippen LogP contribution in [0.15, 0.2) is 42.7 Å². The van der Waals surface area contributed by atoms with Crippen molar-refractivity contribution >= 4 is 17.4 Å². The van der Waals surface area contributed by atoms with Gasteiger partial charge in [-0.15, -0.1) is 0 Å². The first-order valence-electron chi connectivity index (χ1n) is 9.94. The maximum absolute atomic E-state index is 14.3. The van der Waals surface area contributed by atoms with E-state index in [1.807, 2.05) is 4.90 Å². The molecule has 30 heavy (non-hydrogen) atoms. The molecule has 1 aromatic carbocycles. The number of anilines is 1. The van der Waals surface area contributed by atoms with Crippen molar-refractivity contribution in [1.82, 2.24) is 19.5 Å². The fourth-order valence-corrected chi connectivity index (χ4v) is 4.26. The van der Waals surface area contributed by atoms with Gasteiger partial charge in [0.25, 0.3) is 5.91 Å². The summed E-state index contributed by atoms with van der Waals surface area (Å²) in [5.74, 6) is 0.0733. The van der Waals surface area contributed by atoms with Crippen molar-refractivity contribution in [3.63, 3.8) is 0 Å². The van der Waals surface area contributed by atoms with Crippen LogP contribution in [0.25, 0.3) is 5.65 Å². The van der Waals surface area contributed by atoms with E-state index in [1.165, 1.54) is 22.8 Å². The predicted octanol–water partition coefficient (Wildman–Crippen LogP) is 2.22. The Morgan fingerprint density at radius 1 is 1.23 bits per heavy atom. The second-order valence-electron chi connectivity index (χ2n) is 7.93. The largest absolute Gasteiger partial charge is 0.396 e. The molecular formula is C21H21F2N5O2. The van der Waals surface area contributed by atoms with E-state index < -0.39 is 6.17 Å². The second-order valence-corrected chi connectivity index (χ2v) is 7.93. The number of rotatable bonds is 4. The standard InChI is InChI=1S/C21H21F2N5O2/c22-15-3-1-2-14(6-15)18-7-16(23)11-27(18)19-4-5-28-20(25-19)17(8-24-28)21(30)26-9-13(10-26)12-29/h1-6,8,13,16,18,29H,7,9-12H2/t16-,18+/m0/s1. The lowest BCUT2D eigenvalue weighted by Crippen LogP contribution is -2.51. The molecule has 156 valence electrons. The molecule has 0 bridgehead atoms. The summed E-state index contributed by atoms with van der Waals surface area (Å²) in [5, 5.41) is 13.4. The van der Waals surface area contributed by atoms with Crippen LogP contribution in [0.4, 0.5) is 14.6 Å². The van der Waals surface area contributed by atoms with Crippen molar-refractivity contribution in [3.05, 3.63) is 59.7 Å². The number of hydrogen-bond donors (Lipinski definition) is 1. The highest BCUT2D eigenvalue weighted by Gasteiger charge is 2.35. The van der Waals surface area contributed by atoms with Gasteiger partial charge in [-0.2, -0.15) is 5.10 Å². The third kappa shape index (κ3) is 3.19. The number of halogens is 2. The van der Waals surface area contributed by atoms with E-state index in [-0.39, 0.29) is 43.3 Å². The number of fused-ring (bicyclic) bond motifs is 1.